The third kappa shape index (κ3) is 5.92. The Kier molecular flexibility index (Phi) is 5.76. The molecule has 132 valence electrons. The molecule has 2 N–H and O–H groups in total. The molecular weight excluding hydrogens is 346 g/mol. The van der Waals surface area contributed by atoms with Gasteiger partial charge in [-0.25, -0.2) is 4.79 Å². The first-order chi connectivity index (χ1) is 11.7. The van der Waals surface area contributed by atoms with Crippen LogP contribution >= 0.6 is 0 Å². The molecule has 0 aliphatic carbocycles. The van der Waals surface area contributed by atoms with Crippen LogP contribution in [0.1, 0.15) is 26.3 Å². The number of hydrogen-bond acceptors (Lipinski definition) is 5. The van der Waals surface area contributed by atoms with Crippen molar-refractivity contribution in [1.82, 2.24) is 5.32 Å². The highest BCUT2D eigenvalue weighted by atomic mass is 32.2. The normalized spacial score (nSPS) is 10.9. The summed E-state index contributed by atoms with van der Waals surface area (Å²) in [6.07, 6.45) is 1.44. The predicted octanol–water partition coefficient (Wildman–Crippen LogP) is 1.70. The van der Waals surface area contributed by atoms with E-state index in [1.54, 1.807) is 0 Å². The molecule has 0 aliphatic heterocycles. The lowest BCUT2D eigenvalue weighted by atomic mass is 10.1. The zero-order chi connectivity index (χ0) is 18.4. The second kappa shape index (κ2) is 7.80. The molecule has 0 heterocycles. The first-order valence-electron chi connectivity index (χ1n) is 7.34. The summed E-state index contributed by atoms with van der Waals surface area (Å²) in [7, 11) is -3.84. The number of carbonyl (C=O) groups excluding carboxylic acids is 1. The lowest BCUT2D eigenvalue weighted by Crippen LogP contribution is -2.26. The fourth-order valence-corrected chi connectivity index (χ4v) is 2.59. The van der Waals surface area contributed by atoms with Gasteiger partial charge in [-0.1, -0.05) is 30.3 Å². The van der Waals surface area contributed by atoms with Crippen molar-refractivity contribution in [2.75, 3.05) is 12.8 Å². The molecule has 0 fully saturated rings. The number of rotatable bonds is 7. The highest BCUT2D eigenvalue weighted by molar-refractivity contribution is 7.86. The summed E-state index contributed by atoms with van der Waals surface area (Å²) in [6.45, 7) is 0.350. The van der Waals surface area contributed by atoms with Gasteiger partial charge in [0.15, 0.2) is 0 Å². The molecule has 0 aromatic heterocycles. The summed E-state index contributed by atoms with van der Waals surface area (Å²) in [5.41, 5.74) is 0.809. The Labute approximate surface area is 145 Å². The van der Waals surface area contributed by atoms with Crippen LogP contribution in [-0.4, -0.2) is 38.2 Å². The molecule has 0 unspecified atom stereocenters. The molecule has 8 heteroatoms. The fourth-order valence-electron chi connectivity index (χ4n) is 2.14. The molecule has 0 aliphatic rings. The number of amides is 1. The zero-order valence-corrected chi connectivity index (χ0v) is 14.2. The maximum Gasteiger partial charge on any atom is 0.335 e. The lowest BCUT2D eigenvalue weighted by molar-refractivity contribution is 0.0696. The van der Waals surface area contributed by atoms with Gasteiger partial charge in [-0.2, -0.15) is 8.42 Å². The van der Waals surface area contributed by atoms with E-state index in [1.165, 1.54) is 6.07 Å². The number of carboxylic acids is 1. The van der Waals surface area contributed by atoms with E-state index in [0.717, 1.165) is 24.0 Å². The minimum absolute atomic E-state index is 0.00612. The van der Waals surface area contributed by atoms with Crippen LogP contribution in [0.5, 0.6) is 5.75 Å². The van der Waals surface area contributed by atoms with Gasteiger partial charge in [-0.05, 0) is 30.2 Å². The smallest absolute Gasteiger partial charge is 0.335 e. The van der Waals surface area contributed by atoms with Gasteiger partial charge in [-0.3, -0.25) is 4.79 Å². The molecule has 7 nitrogen and oxygen atoms in total. The molecule has 2 aromatic carbocycles. The van der Waals surface area contributed by atoms with Gasteiger partial charge in [0.1, 0.15) is 5.75 Å². The Hall–Kier alpha value is -2.87. The highest BCUT2D eigenvalue weighted by Gasteiger charge is 2.15. The van der Waals surface area contributed by atoms with Gasteiger partial charge in [0.2, 0.25) is 0 Å². The van der Waals surface area contributed by atoms with Crippen LogP contribution in [0, 0.1) is 0 Å². The molecule has 2 rings (SSSR count). The lowest BCUT2D eigenvalue weighted by Gasteiger charge is -2.09. The third-order valence-electron chi connectivity index (χ3n) is 3.21. The zero-order valence-electron chi connectivity index (χ0n) is 13.4. The summed E-state index contributed by atoms with van der Waals surface area (Å²) < 4.78 is 27.1. The second-order valence-electron chi connectivity index (χ2n) is 5.33. The minimum Gasteiger partial charge on any atom is -0.478 e. The molecule has 2 aromatic rings. The van der Waals surface area contributed by atoms with Crippen molar-refractivity contribution in [3.63, 3.8) is 0 Å². The second-order valence-corrected chi connectivity index (χ2v) is 6.91. The van der Waals surface area contributed by atoms with Crippen molar-refractivity contribution in [3.8, 4) is 5.75 Å². The summed E-state index contributed by atoms with van der Waals surface area (Å²) >= 11 is 0. The fraction of sp³-hybridized carbons (Fsp3) is 0.176. The van der Waals surface area contributed by atoms with E-state index in [2.05, 4.69) is 9.50 Å². The van der Waals surface area contributed by atoms with Gasteiger partial charge in [0.25, 0.3) is 5.91 Å². The SMILES string of the molecule is CS(=O)(=O)Oc1cc(C(=O)O)cc(C(=O)NCCc2ccccc2)c1. The van der Waals surface area contributed by atoms with Crippen molar-refractivity contribution in [2.24, 2.45) is 0 Å². The summed E-state index contributed by atoms with van der Waals surface area (Å²) in [6, 6.07) is 12.9. The minimum atomic E-state index is -3.84. The molecule has 0 radical (unpaired) electrons. The highest BCUT2D eigenvalue weighted by Crippen LogP contribution is 2.19. The van der Waals surface area contributed by atoms with Crippen LogP contribution in [0.15, 0.2) is 48.5 Å². The summed E-state index contributed by atoms with van der Waals surface area (Å²) in [5, 5.41) is 11.8. The Bertz CT molecular complexity index is 877. The molecule has 0 spiro atoms. The summed E-state index contributed by atoms with van der Waals surface area (Å²) in [4.78, 5) is 23.4. The van der Waals surface area contributed by atoms with E-state index in [0.29, 0.717) is 13.0 Å². The van der Waals surface area contributed by atoms with Crippen LogP contribution in [0.4, 0.5) is 0 Å². The maximum atomic E-state index is 12.2. The molecule has 0 atom stereocenters. The number of carbonyl (C=O) groups is 2. The topological polar surface area (TPSA) is 110 Å². The first-order valence-corrected chi connectivity index (χ1v) is 9.16. The largest absolute Gasteiger partial charge is 0.478 e. The Balaban J connectivity index is 2.13. The Morgan fingerprint density at radius 1 is 1.08 bits per heavy atom. The van der Waals surface area contributed by atoms with Crippen molar-refractivity contribution >= 4 is 22.0 Å². The number of hydrogen-bond donors (Lipinski definition) is 2. The van der Waals surface area contributed by atoms with Crippen molar-refractivity contribution in [3.05, 3.63) is 65.2 Å². The molecular formula is C17H17NO6S. The van der Waals surface area contributed by atoms with E-state index in [1.807, 2.05) is 30.3 Å². The number of benzene rings is 2. The third-order valence-corrected chi connectivity index (χ3v) is 3.70. The molecule has 1 amide bonds. The van der Waals surface area contributed by atoms with E-state index < -0.39 is 22.0 Å². The number of nitrogens with one attached hydrogen (secondary N) is 1. The maximum absolute atomic E-state index is 12.2. The van der Waals surface area contributed by atoms with Crippen LogP contribution in [0.2, 0.25) is 0 Å². The standard InChI is InChI=1S/C17H17NO6S/c1-25(22,23)24-15-10-13(9-14(11-15)17(20)21)16(19)18-8-7-12-5-3-2-4-6-12/h2-6,9-11H,7-8H2,1H3,(H,18,19)(H,20,21). The predicted molar refractivity (Wildman–Crippen MR) is 91.4 cm³/mol. The van der Waals surface area contributed by atoms with Crippen molar-refractivity contribution < 1.29 is 27.3 Å². The summed E-state index contributed by atoms with van der Waals surface area (Å²) in [5.74, 6) is -2.04. The van der Waals surface area contributed by atoms with E-state index >= 15 is 0 Å². The number of carboxylic acid groups (broad SMARTS) is 1. The quantitative estimate of drug-likeness (QED) is 0.725. The van der Waals surface area contributed by atoms with E-state index in [9.17, 15) is 18.0 Å². The molecule has 25 heavy (non-hydrogen) atoms. The van der Waals surface area contributed by atoms with Crippen LogP contribution in [0.3, 0.4) is 0 Å². The Morgan fingerprint density at radius 3 is 2.32 bits per heavy atom. The number of aromatic carboxylic acids is 1. The van der Waals surface area contributed by atoms with Crippen LogP contribution in [-0.2, 0) is 16.5 Å². The first kappa shape index (κ1) is 18.5. The average molecular weight is 363 g/mol. The van der Waals surface area contributed by atoms with Crippen LogP contribution < -0.4 is 9.50 Å². The molecule has 0 saturated carbocycles. The molecule has 0 bridgehead atoms. The Morgan fingerprint density at radius 2 is 1.72 bits per heavy atom. The van der Waals surface area contributed by atoms with Crippen molar-refractivity contribution in [1.29, 1.82) is 0 Å². The van der Waals surface area contributed by atoms with Gasteiger partial charge < -0.3 is 14.6 Å². The van der Waals surface area contributed by atoms with Crippen molar-refractivity contribution in [2.45, 2.75) is 6.42 Å². The monoisotopic (exact) mass is 363 g/mol. The van der Waals surface area contributed by atoms with E-state index in [4.69, 9.17) is 5.11 Å². The van der Waals surface area contributed by atoms with Gasteiger partial charge in [0.05, 0.1) is 11.8 Å². The van der Waals surface area contributed by atoms with Gasteiger partial charge in [-0.15, -0.1) is 0 Å². The average Bonchev–Trinajstić information content (AvgIpc) is 2.53. The van der Waals surface area contributed by atoms with Gasteiger partial charge >= 0.3 is 16.1 Å². The molecule has 0 saturated heterocycles. The van der Waals surface area contributed by atoms with Crippen LogP contribution in [0.25, 0.3) is 0 Å². The van der Waals surface area contributed by atoms with E-state index in [-0.39, 0.29) is 16.9 Å². The van der Waals surface area contributed by atoms with Gasteiger partial charge in [0, 0.05) is 12.1 Å².